The highest BCUT2D eigenvalue weighted by molar-refractivity contribution is 8.76. The second kappa shape index (κ2) is 23.8. The first-order chi connectivity index (χ1) is 20.5. The predicted octanol–water partition coefficient (Wildman–Crippen LogP) is 0.800. The summed E-state index contributed by atoms with van der Waals surface area (Å²) in [5.74, 6) is 2.17. The molecule has 0 aromatic heterocycles. The van der Waals surface area contributed by atoms with Crippen molar-refractivity contribution in [1.82, 2.24) is 10.3 Å². The fourth-order valence-corrected chi connectivity index (χ4v) is 6.32. The Bertz CT molecular complexity index is 735. The number of aliphatic hydroxyl groups is 4. The number of carbonyl (C=O) groups excluding carboxylic acids is 1. The summed E-state index contributed by atoms with van der Waals surface area (Å²) in [6.45, 7) is 2.73. The third kappa shape index (κ3) is 15.5. The van der Waals surface area contributed by atoms with E-state index in [2.05, 4.69) is 20.6 Å². The Morgan fingerprint density at radius 1 is 0.929 bits per heavy atom. The normalized spacial score (nSPS) is 25.4. The van der Waals surface area contributed by atoms with Crippen molar-refractivity contribution >= 4 is 39.3 Å². The molecule has 0 aromatic carbocycles. The maximum absolute atomic E-state index is 12.0. The topological polar surface area (TPSA) is 193 Å². The van der Waals surface area contributed by atoms with Crippen molar-refractivity contribution in [2.75, 3.05) is 71.0 Å². The number of ether oxygens (including phenoxy) is 5. The largest absolute Gasteiger partial charge is 0.394 e. The Hall–Kier alpha value is -0.500. The smallest absolute Gasteiger partial charge is 0.222 e. The van der Waals surface area contributed by atoms with Crippen LogP contribution in [0.25, 0.3) is 0 Å². The van der Waals surface area contributed by atoms with Gasteiger partial charge >= 0.3 is 0 Å². The molecule has 2 aliphatic rings. The van der Waals surface area contributed by atoms with Gasteiger partial charge in [0, 0.05) is 29.7 Å². The number of hydrogen-bond acceptors (Lipinski definition) is 14. The van der Waals surface area contributed by atoms with E-state index >= 15 is 0 Å². The lowest BCUT2D eigenvalue weighted by Crippen LogP contribution is -2.64. The third-order valence-corrected chi connectivity index (χ3v) is 9.41. The second-order valence-corrected chi connectivity index (χ2v) is 12.7. The zero-order valence-corrected chi connectivity index (χ0v) is 26.3. The van der Waals surface area contributed by atoms with E-state index in [9.17, 15) is 20.1 Å². The van der Waals surface area contributed by atoms with Crippen LogP contribution in [0.15, 0.2) is 10.3 Å². The van der Waals surface area contributed by atoms with Crippen molar-refractivity contribution in [3.05, 3.63) is 0 Å². The van der Waals surface area contributed by atoms with Crippen molar-refractivity contribution in [3.8, 4) is 0 Å². The number of carbonyl (C=O) groups is 1. The van der Waals surface area contributed by atoms with Gasteiger partial charge < -0.3 is 49.4 Å². The molecule has 0 spiro atoms. The van der Waals surface area contributed by atoms with Crippen LogP contribution in [-0.4, -0.2) is 134 Å². The van der Waals surface area contributed by atoms with Crippen LogP contribution in [0, 0.1) is 5.92 Å². The molecular formula is C25H47ClN4O10S2. The van der Waals surface area contributed by atoms with E-state index in [1.807, 2.05) is 21.6 Å². The molecule has 1 aliphatic carbocycles. The zero-order chi connectivity index (χ0) is 30.4. The summed E-state index contributed by atoms with van der Waals surface area (Å²) in [7, 11) is 3.67. The van der Waals surface area contributed by atoms with Gasteiger partial charge in [0.05, 0.1) is 65.5 Å². The van der Waals surface area contributed by atoms with Gasteiger partial charge in [0.2, 0.25) is 5.91 Å². The van der Waals surface area contributed by atoms with Crippen LogP contribution in [0.1, 0.15) is 38.5 Å². The van der Waals surface area contributed by atoms with E-state index in [1.54, 1.807) is 0 Å². The monoisotopic (exact) mass is 662 g/mol. The van der Waals surface area contributed by atoms with Crippen LogP contribution in [0.2, 0.25) is 0 Å². The molecule has 1 amide bonds. The number of aliphatic hydroxyl groups excluding tert-OH is 4. The quantitative estimate of drug-likeness (QED) is 0.0265. The van der Waals surface area contributed by atoms with Gasteiger partial charge in [-0.2, -0.15) is 5.11 Å². The molecule has 1 heterocycles. The molecule has 0 bridgehead atoms. The standard InChI is InChI=1S/C25H47ClN4O10S2/c26-29-30-28-19(18-3-1-4-18)5-2-15-41-42-16-14-39-13-12-38-11-10-37-9-8-36-7-6-21(32)27-22-24(34)23(33)20(17-31)40-25(22)35/h18-20,22-25,31,33-35H,1-17H2,(H,27,32)(H,28,29). The summed E-state index contributed by atoms with van der Waals surface area (Å²) in [6.07, 6.45) is 0.312. The van der Waals surface area contributed by atoms with Gasteiger partial charge in [-0.15, -0.1) is 0 Å². The predicted molar refractivity (Wildman–Crippen MR) is 159 cm³/mol. The first kappa shape index (κ1) is 37.7. The van der Waals surface area contributed by atoms with E-state index in [-0.39, 0.29) is 19.1 Å². The lowest BCUT2D eigenvalue weighted by molar-refractivity contribution is -0.253. The first-order valence-electron chi connectivity index (χ1n) is 14.4. The van der Waals surface area contributed by atoms with Crippen LogP contribution in [-0.2, 0) is 28.5 Å². The Balaban J connectivity index is 1.30. The Labute approximate surface area is 260 Å². The molecule has 2 rings (SSSR count). The molecule has 6 N–H and O–H groups in total. The van der Waals surface area contributed by atoms with Gasteiger partial charge in [-0.05, 0) is 31.6 Å². The minimum atomic E-state index is -1.55. The molecule has 42 heavy (non-hydrogen) atoms. The summed E-state index contributed by atoms with van der Waals surface area (Å²) in [4.78, 5) is 14.3. The van der Waals surface area contributed by atoms with Crippen LogP contribution in [0.4, 0.5) is 0 Å². The molecule has 246 valence electrons. The maximum Gasteiger partial charge on any atom is 0.222 e. The SMILES string of the molecule is O=C(CCOCCOCCOCCOCCSSCCCC(N=NNCl)C1CCC1)NC1C(O)OC(CO)C(O)C1O. The van der Waals surface area contributed by atoms with E-state index in [4.69, 9.17) is 40.6 Å². The number of hydrogen-bond donors (Lipinski definition) is 6. The summed E-state index contributed by atoms with van der Waals surface area (Å²) in [6, 6.07) is -0.934. The molecule has 6 unspecified atom stereocenters. The van der Waals surface area contributed by atoms with Gasteiger partial charge in [-0.3, -0.25) is 4.79 Å². The fraction of sp³-hybridized carbons (Fsp3) is 0.960. The highest BCUT2D eigenvalue weighted by atomic mass is 35.5. The Morgan fingerprint density at radius 2 is 1.55 bits per heavy atom. The van der Waals surface area contributed by atoms with E-state index in [0.29, 0.717) is 52.2 Å². The van der Waals surface area contributed by atoms with Crippen molar-refractivity contribution in [2.24, 2.45) is 16.3 Å². The third-order valence-electron chi connectivity index (χ3n) is 6.88. The number of rotatable bonds is 25. The molecule has 14 nitrogen and oxygen atoms in total. The molecule has 2 fully saturated rings. The van der Waals surface area contributed by atoms with Crippen LogP contribution < -0.4 is 10.3 Å². The van der Waals surface area contributed by atoms with Crippen molar-refractivity contribution in [3.63, 3.8) is 0 Å². The average molecular weight is 663 g/mol. The molecule has 1 aliphatic heterocycles. The number of halogens is 1. The first-order valence-corrected chi connectivity index (χ1v) is 17.2. The number of nitrogens with zero attached hydrogens (tertiary/aromatic N) is 2. The summed E-state index contributed by atoms with van der Waals surface area (Å²) in [5.41, 5.74) is 0. The fourth-order valence-electron chi connectivity index (χ4n) is 4.31. The second-order valence-electron chi connectivity index (χ2n) is 9.87. The highest BCUT2D eigenvalue weighted by Crippen LogP contribution is 2.34. The van der Waals surface area contributed by atoms with E-state index < -0.39 is 43.2 Å². The number of amides is 1. The summed E-state index contributed by atoms with van der Waals surface area (Å²) >= 11 is 5.39. The lowest BCUT2D eigenvalue weighted by atomic mass is 9.78. The van der Waals surface area contributed by atoms with Gasteiger partial charge in [-0.25, -0.2) is 4.94 Å². The number of nitrogens with one attached hydrogen (secondary N) is 2. The molecule has 6 atom stereocenters. The van der Waals surface area contributed by atoms with Crippen LogP contribution >= 0.6 is 33.4 Å². The summed E-state index contributed by atoms with van der Waals surface area (Å²) in [5, 5.41) is 49.3. The average Bonchev–Trinajstić information content (AvgIpc) is 2.95. The van der Waals surface area contributed by atoms with Crippen LogP contribution in [0.3, 0.4) is 0 Å². The van der Waals surface area contributed by atoms with Gasteiger partial charge in [0.1, 0.15) is 24.4 Å². The van der Waals surface area contributed by atoms with Gasteiger partial charge in [0.15, 0.2) is 6.29 Å². The van der Waals surface area contributed by atoms with Crippen molar-refractivity contribution < 1.29 is 48.9 Å². The van der Waals surface area contributed by atoms with Gasteiger partial charge in [-0.1, -0.05) is 33.2 Å². The molecule has 1 saturated heterocycles. The van der Waals surface area contributed by atoms with Gasteiger partial charge in [0.25, 0.3) is 0 Å². The molecule has 17 heteroatoms. The highest BCUT2D eigenvalue weighted by Gasteiger charge is 2.44. The summed E-state index contributed by atoms with van der Waals surface area (Å²) < 4.78 is 26.8. The van der Waals surface area contributed by atoms with Crippen LogP contribution in [0.5, 0.6) is 0 Å². The minimum Gasteiger partial charge on any atom is -0.394 e. The molecular weight excluding hydrogens is 616 g/mol. The maximum atomic E-state index is 12.0. The molecule has 1 saturated carbocycles. The van der Waals surface area contributed by atoms with E-state index in [1.165, 1.54) is 19.3 Å². The van der Waals surface area contributed by atoms with E-state index in [0.717, 1.165) is 24.3 Å². The molecule has 0 radical (unpaired) electrons. The Morgan fingerprint density at radius 3 is 2.14 bits per heavy atom. The van der Waals surface area contributed by atoms with Crippen molar-refractivity contribution in [2.45, 2.75) is 75.2 Å². The lowest BCUT2D eigenvalue weighted by Gasteiger charge is -2.40. The zero-order valence-electron chi connectivity index (χ0n) is 23.9. The Kier molecular flexibility index (Phi) is 21.4. The molecule has 0 aromatic rings. The van der Waals surface area contributed by atoms with Crippen molar-refractivity contribution in [1.29, 1.82) is 0 Å². The minimum absolute atomic E-state index is 0.0163.